The van der Waals surface area contributed by atoms with Crippen molar-refractivity contribution in [1.82, 2.24) is 15.5 Å². The van der Waals surface area contributed by atoms with Crippen LogP contribution in [0.3, 0.4) is 0 Å². The van der Waals surface area contributed by atoms with E-state index >= 15 is 0 Å². The molecule has 0 heterocycles. The third-order valence-corrected chi connectivity index (χ3v) is 6.80. The molecule has 0 saturated heterocycles. The molecule has 0 aromatic heterocycles. The maximum absolute atomic E-state index is 14.4. The molecule has 0 saturated carbocycles. The number of unbranched alkanes of at least 4 members (excludes halogenated alkanes) is 1. The number of carbonyl (C=O) groups is 3. The van der Waals surface area contributed by atoms with Crippen LogP contribution in [0.1, 0.15) is 111 Å². The third-order valence-electron chi connectivity index (χ3n) is 6.80. The fraction of sp³-hybridized carbons (Fsp3) is 0.700. The van der Waals surface area contributed by atoms with Crippen molar-refractivity contribution in [2.75, 3.05) is 6.54 Å². The summed E-state index contributed by atoms with van der Waals surface area (Å²) < 4.78 is 5.49. The lowest BCUT2D eigenvalue weighted by molar-refractivity contribution is -0.150. The maximum atomic E-state index is 14.4. The highest BCUT2D eigenvalue weighted by Crippen LogP contribution is 2.34. The van der Waals surface area contributed by atoms with Gasteiger partial charge < -0.3 is 20.3 Å². The van der Waals surface area contributed by atoms with E-state index < -0.39 is 29.3 Å². The van der Waals surface area contributed by atoms with Gasteiger partial charge in [-0.25, -0.2) is 4.79 Å². The Morgan fingerprint density at radius 3 is 2.00 bits per heavy atom. The predicted molar refractivity (Wildman–Crippen MR) is 150 cm³/mol. The van der Waals surface area contributed by atoms with Gasteiger partial charge in [-0.05, 0) is 72.8 Å². The van der Waals surface area contributed by atoms with Crippen molar-refractivity contribution >= 4 is 17.9 Å². The summed E-state index contributed by atoms with van der Waals surface area (Å²) in [7, 11) is 0. The van der Waals surface area contributed by atoms with Crippen LogP contribution in [0.4, 0.5) is 4.79 Å². The molecule has 7 nitrogen and oxygen atoms in total. The Kier molecular flexibility index (Phi) is 12.1. The summed E-state index contributed by atoms with van der Waals surface area (Å²) in [6.07, 6.45) is 2.46. The van der Waals surface area contributed by atoms with Crippen LogP contribution in [0.5, 0.6) is 0 Å². The molecule has 0 bridgehead atoms. The van der Waals surface area contributed by atoms with Crippen molar-refractivity contribution in [2.45, 2.75) is 125 Å². The normalized spacial score (nSPS) is 14.4. The quantitative estimate of drug-likeness (QED) is 0.322. The van der Waals surface area contributed by atoms with Gasteiger partial charge in [0.1, 0.15) is 17.7 Å². The van der Waals surface area contributed by atoms with Crippen molar-refractivity contribution in [3.8, 4) is 0 Å². The zero-order chi connectivity index (χ0) is 28.6. The van der Waals surface area contributed by atoms with Gasteiger partial charge in [-0.1, -0.05) is 69.9 Å². The molecule has 3 amide bonds. The first-order valence-corrected chi connectivity index (χ1v) is 13.8. The smallest absolute Gasteiger partial charge is 0.408 e. The van der Waals surface area contributed by atoms with Gasteiger partial charge in [0.15, 0.2) is 0 Å². The molecule has 3 unspecified atom stereocenters. The highest BCUT2D eigenvalue weighted by atomic mass is 16.6. The zero-order valence-corrected chi connectivity index (χ0v) is 25.1. The number of rotatable bonds is 12. The van der Waals surface area contributed by atoms with E-state index in [1.807, 2.05) is 60.6 Å². The average molecular weight is 518 g/mol. The molecule has 0 fully saturated rings. The van der Waals surface area contributed by atoms with E-state index in [1.54, 1.807) is 25.7 Å². The lowest BCUT2D eigenvalue weighted by atomic mass is 9.88. The van der Waals surface area contributed by atoms with Crippen LogP contribution in [0, 0.1) is 19.8 Å². The van der Waals surface area contributed by atoms with Gasteiger partial charge in [0, 0.05) is 12.1 Å². The minimum atomic E-state index is -0.845. The highest BCUT2D eigenvalue weighted by Gasteiger charge is 2.44. The SMILES string of the molecule is CCCCNC(=O)C(c1cc(C)cc(C)c1)N(C(=O)C(NC(=O)OC(C)(C)C)C(C)CC)C(C)(C)CC. The molecule has 1 aromatic carbocycles. The van der Waals surface area contributed by atoms with Crippen LogP contribution in [0.25, 0.3) is 0 Å². The number of carbonyl (C=O) groups excluding carboxylic acids is 3. The summed E-state index contributed by atoms with van der Waals surface area (Å²) in [4.78, 5) is 42.7. The molecule has 3 atom stereocenters. The Labute approximate surface area is 225 Å². The van der Waals surface area contributed by atoms with Crippen LogP contribution in [0.2, 0.25) is 0 Å². The molecule has 0 aliphatic rings. The monoisotopic (exact) mass is 517 g/mol. The van der Waals surface area contributed by atoms with E-state index in [2.05, 4.69) is 23.6 Å². The fourth-order valence-corrected chi connectivity index (χ4v) is 4.28. The molecule has 0 aliphatic carbocycles. The second kappa shape index (κ2) is 13.8. The summed E-state index contributed by atoms with van der Waals surface area (Å²) in [5.41, 5.74) is 1.45. The number of nitrogens with one attached hydrogen (secondary N) is 2. The van der Waals surface area contributed by atoms with Crippen molar-refractivity contribution in [3.63, 3.8) is 0 Å². The fourth-order valence-electron chi connectivity index (χ4n) is 4.28. The van der Waals surface area contributed by atoms with Gasteiger partial charge in [-0.2, -0.15) is 0 Å². The summed E-state index contributed by atoms with van der Waals surface area (Å²) in [6, 6.07) is 4.32. The molecule has 0 aliphatic heterocycles. The molecule has 0 radical (unpaired) electrons. The number of ether oxygens (including phenoxy) is 1. The standard InChI is InChI=1S/C30H51N3O4/c1-12-15-16-31-26(34)25(23-18-20(4)17-21(5)19-23)33(30(10,11)14-3)27(35)24(22(6)13-2)32-28(36)37-29(7,8)9/h17-19,22,24-25H,12-16H2,1-11H3,(H,31,34)(H,32,36). The average Bonchev–Trinajstić information content (AvgIpc) is 2.78. The summed E-state index contributed by atoms with van der Waals surface area (Å²) in [6.45, 7) is 21.8. The number of aryl methyl sites for hydroxylation is 2. The van der Waals surface area contributed by atoms with Gasteiger partial charge >= 0.3 is 6.09 Å². The molecule has 37 heavy (non-hydrogen) atoms. The third kappa shape index (κ3) is 9.67. The second-order valence-electron chi connectivity index (χ2n) is 11.9. The molecular weight excluding hydrogens is 466 g/mol. The molecule has 1 aromatic rings. The van der Waals surface area contributed by atoms with E-state index in [0.29, 0.717) is 19.4 Å². The minimum absolute atomic E-state index is 0.168. The Hall–Kier alpha value is -2.57. The molecule has 2 N–H and O–H groups in total. The molecule has 210 valence electrons. The summed E-state index contributed by atoms with van der Waals surface area (Å²) in [5.74, 6) is -0.673. The Morgan fingerprint density at radius 2 is 1.54 bits per heavy atom. The molecule has 0 spiro atoms. The number of hydrogen-bond acceptors (Lipinski definition) is 4. The van der Waals surface area contributed by atoms with E-state index in [-0.39, 0.29) is 17.7 Å². The van der Waals surface area contributed by atoms with E-state index in [0.717, 1.165) is 29.5 Å². The predicted octanol–water partition coefficient (Wildman–Crippen LogP) is 6.22. The van der Waals surface area contributed by atoms with Crippen LogP contribution >= 0.6 is 0 Å². The van der Waals surface area contributed by atoms with Crippen molar-refractivity contribution < 1.29 is 19.1 Å². The minimum Gasteiger partial charge on any atom is -0.444 e. The molecular formula is C30H51N3O4. The molecule has 1 rings (SSSR count). The van der Waals surface area contributed by atoms with Crippen LogP contribution in [0.15, 0.2) is 18.2 Å². The van der Waals surface area contributed by atoms with E-state index in [4.69, 9.17) is 4.74 Å². The Bertz CT molecular complexity index is 900. The van der Waals surface area contributed by atoms with E-state index in [1.165, 1.54) is 0 Å². The largest absolute Gasteiger partial charge is 0.444 e. The summed E-state index contributed by atoms with van der Waals surface area (Å²) >= 11 is 0. The number of amides is 3. The topological polar surface area (TPSA) is 87.7 Å². The van der Waals surface area contributed by atoms with Gasteiger partial charge in [-0.15, -0.1) is 0 Å². The van der Waals surface area contributed by atoms with Crippen LogP contribution in [-0.4, -0.2) is 46.5 Å². The van der Waals surface area contributed by atoms with Gasteiger partial charge in [-0.3, -0.25) is 9.59 Å². The first-order chi connectivity index (χ1) is 17.1. The summed E-state index contributed by atoms with van der Waals surface area (Å²) in [5, 5.41) is 5.90. The lowest BCUT2D eigenvalue weighted by Gasteiger charge is -2.45. The zero-order valence-electron chi connectivity index (χ0n) is 25.1. The number of benzene rings is 1. The maximum Gasteiger partial charge on any atom is 0.408 e. The lowest BCUT2D eigenvalue weighted by Crippen LogP contribution is -2.60. The second-order valence-corrected chi connectivity index (χ2v) is 11.9. The number of nitrogens with zero attached hydrogens (tertiary/aromatic N) is 1. The Balaban J connectivity index is 3.69. The van der Waals surface area contributed by atoms with Gasteiger partial charge in [0.2, 0.25) is 11.8 Å². The first kappa shape index (κ1) is 32.5. The van der Waals surface area contributed by atoms with Crippen LogP contribution in [-0.2, 0) is 14.3 Å². The van der Waals surface area contributed by atoms with Gasteiger partial charge in [0.05, 0.1) is 0 Å². The van der Waals surface area contributed by atoms with E-state index in [9.17, 15) is 14.4 Å². The van der Waals surface area contributed by atoms with Gasteiger partial charge in [0.25, 0.3) is 0 Å². The number of hydrogen-bond donors (Lipinski definition) is 2. The number of alkyl carbamates (subject to hydrolysis) is 1. The van der Waals surface area contributed by atoms with Crippen molar-refractivity contribution in [3.05, 3.63) is 34.9 Å². The highest BCUT2D eigenvalue weighted by molar-refractivity contribution is 5.93. The first-order valence-electron chi connectivity index (χ1n) is 13.8. The van der Waals surface area contributed by atoms with Crippen LogP contribution < -0.4 is 10.6 Å². The van der Waals surface area contributed by atoms with Crippen molar-refractivity contribution in [2.24, 2.45) is 5.92 Å². The van der Waals surface area contributed by atoms with Crippen molar-refractivity contribution in [1.29, 1.82) is 0 Å². The Morgan fingerprint density at radius 1 is 0.973 bits per heavy atom. The molecule has 7 heteroatoms.